The zero-order valence-electron chi connectivity index (χ0n) is 18.2. The molecule has 3 aromatic carbocycles. The Morgan fingerprint density at radius 2 is 1.55 bits per heavy atom. The Bertz CT molecular complexity index is 1280. The molecule has 8 heteroatoms. The fraction of sp³-hybridized carbons (Fsp3) is 0.240. The smallest absolute Gasteiger partial charge is 0.174 e. The molecule has 0 unspecified atom stereocenters. The first-order chi connectivity index (χ1) is 15.8. The fourth-order valence-corrected chi connectivity index (χ4v) is 4.20. The SMILES string of the molecule is CC1(C)CC(=O)c2c(O)c(Cc3ccccc3O)c(N=O)c(Cc3ccccc3N=O)c2O1. The maximum atomic E-state index is 13.1. The van der Waals surface area contributed by atoms with E-state index in [4.69, 9.17) is 4.74 Å². The lowest BCUT2D eigenvalue weighted by molar-refractivity contribution is 0.0609. The number of carbonyl (C=O) groups excluding carboxylic acids is 1. The Hall–Kier alpha value is -4.07. The van der Waals surface area contributed by atoms with E-state index < -0.39 is 11.4 Å². The zero-order chi connectivity index (χ0) is 23.8. The predicted molar refractivity (Wildman–Crippen MR) is 123 cm³/mol. The Labute approximate surface area is 189 Å². The van der Waals surface area contributed by atoms with E-state index in [1.807, 2.05) is 0 Å². The van der Waals surface area contributed by atoms with E-state index in [9.17, 15) is 24.8 Å². The maximum absolute atomic E-state index is 13.1. The van der Waals surface area contributed by atoms with E-state index in [1.54, 1.807) is 56.3 Å². The molecule has 0 aromatic heterocycles. The minimum absolute atomic E-state index is 0.0211. The lowest BCUT2D eigenvalue weighted by Crippen LogP contribution is -2.36. The lowest BCUT2D eigenvalue weighted by atomic mass is 9.85. The molecule has 0 saturated carbocycles. The number of para-hydroxylation sites is 1. The molecule has 33 heavy (non-hydrogen) atoms. The molecule has 1 aliphatic rings. The van der Waals surface area contributed by atoms with Crippen LogP contribution < -0.4 is 4.74 Å². The summed E-state index contributed by atoms with van der Waals surface area (Å²) in [6.45, 7) is 3.47. The van der Waals surface area contributed by atoms with Gasteiger partial charge in [0, 0.05) is 24.0 Å². The number of nitrogens with zero attached hydrogens (tertiary/aromatic N) is 2. The van der Waals surface area contributed by atoms with Crippen LogP contribution in [0.15, 0.2) is 58.9 Å². The van der Waals surface area contributed by atoms with Crippen molar-refractivity contribution in [2.24, 2.45) is 10.4 Å². The second-order valence-electron chi connectivity index (χ2n) is 8.61. The molecule has 8 nitrogen and oxygen atoms in total. The summed E-state index contributed by atoms with van der Waals surface area (Å²) in [5.74, 6) is -0.677. The average molecular weight is 446 g/mol. The summed E-state index contributed by atoms with van der Waals surface area (Å²) >= 11 is 0. The summed E-state index contributed by atoms with van der Waals surface area (Å²) < 4.78 is 6.08. The number of aromatic hydroxyl groups is 2. The summed E-state index contributed by atoms with van der Waals surface area (Å²) in [5, 5.41) is 27.6. The highest BCUT2D eigenvalue weighted by Gasteiger charge is 2.39. The van der Waals surface area contributed by atoms with Crippen LogP contribution in [0, 0.1) is 9.81 Å². The van der Waals surface area contributed by atoms with Gasteiger partial charge < -0.3 is 14.9 Å². The van der Waals surface area contributed by atoms with Gasteiger partial charge in [0.05, 0.1) is 6.42 Å². The third-order valence-corrected chi connectivity index (χ3v) is 5.75. The van der Waals surface area contributed by atoms with Crippen molar-refractivity contribution in [1.82, 2.24) is 0 Å². The fourth-order valence-electron chi connectivity index (χ4n) is 4.20. The van der Waals surface area contributed by atoms with Gasteiger partial charge in [0.25, 0.3) is 0 Å². The molecule has 1 heterocycles. The topological polar surface area (TPSA) is 126 Å². The number of nitroso groups, excluding NO2 is 2. The number of hydrogen-bond acceptors (Lipinski definition) is 8. The number of carbonyl (C=O) groups is 1. The van der Waals surface area contributed by atoms with E-state index in [2.05, 4.69) is 10.4 Å². The van der Waals surface area contributed by atoms with Crippen molar-refractivity contribution >= 4 is 17.2 Å². The van der Waals surface area contributed by atoms with Gasteiger partial charge in [-0.3, -0.25) is 4.79 Å². The molecule has 0 radical (unpaired) electrons. The molecule has 1 aliphatic heterocycles. The van der Waals surface area contributed by atoms with Crippen LogP contribution in [0.2, 0.25) is 0 Å². The number of ketones is 1. The Morgan fingerprint density at radius 1 is 0.909 bits per heavy atom. The van der Waals surface area contributed by atoms with Crippen LogP contribution in [0.5, 0.6) is 17.2 Å². The van der Waals surface area contributed by atoms with Crippen LogP contribution >= 0.6 is 0 Å². The first-order valence-electron chi connectivity index (χ1n) is 10.4. The van der Waals surface area contributed by atoms with E-state index >= 15 is 0 Å². The quantitative estimate of drug-likeness (QED) is 0.460. The standard InChI is InChI=1S/C25H22N2O6/c1-25(2)13-20(29)21-23(30)16(12-15-8-4-6-10-19(15)28)22(27-32)17(24(21)33-25)11-14-7-3-5-9-18(14)26-31/h3-10,28,30H,11-13H2,1-2H3. The third-order valence-electron chi connectivity index (χ3n) is 5.75. The highest BCUT2D eigenvalue weighted by molar-refractivity contribution is 6.04. The number of rotatable bonds is 6. The summed E-state index contributed by atoms with van der Waals surface area (Å²) in [6.07, 6.45) is 0.0240. The van der Waals surface area contributed by atoms with Crippen LogP contribution in [-0.4, -0.2) is 21.6 Å². The number of fused-ring (bicyclic) bond motifs is 1. The monoisotopic (exact) mass is 446 g/mol. The Morgan fingerprint density at radius 3 is 2.21 bits per heavy atom. The van der Waals surface area contributed by atoms with Gasteiger partial charge in [-0.25, -0.2) is 0 Å². The average Bonchev–Trinajstić information content (AvgIpc) is 2.77. The van der Waals surface area contributed by atoms with E-state index in [0.29, 0.717) is 11.1 Å². The molecule has 0 atom stereocenters. The van der Waals surface area contributed by atoms with Crippen molar-refractivity contribution in [3.05, 3.63) is 86.2 Å². The van der Waals surface area contributed by atoms with E-state index in [1.165, 1.54) is 6.07 Å². The molecule has 168 valence electrons. The summed E-state index contributed by atoms with van der Waals surface area (Å²) in [4.78, 5) is 36.5. The van der Waals surface area contributed by atoms with Crippen LogP contribution in [0.4, 0.5) is 11.4 Å². The van der Waals surface area contributed by atoms with E-state index in [-0.39, 0.29) is 64.6 Å². The normalized spacial score (nSPS) is 14.3. The Kier molecular flexibility index (Phi) is 5.68. The number of benzene rings is 3. The summed E-state index contributed by atoms with van der Waals surface area (Å²) in [5.41, 5.74) is 0.530. The van der Waals surface area contributed by atoms with Crippen molar-refractivity contribution in [3.8, 4) is 17.2 Å². The van der Waals surface area contributed by atoms with Gasteiger partial charge >= 0.3 is 0 Å². The minimum atomic E-state index is -0.868. The lowest BCUT2D eigenvalue weighted by Gasteiger charge is -2.34. The van der Waals surface area contributed by atoms with Gasteiger partial charge in [-0.15, -0.1) is 9.81 Å². The van der Waals surface area contributed by atoms with E-state index in [0.717, 1.165) is 0 Å². The van der Waals surface area contributed by atoms with Gasteiger partial charge in [-0.2, -0.15) is 0 Å². The second kappa shape index (κ2) is 8.46. The van der Waals surface area contributed by atoms with Gasteiger partial charge in [0.15, 0.2) is 5.78 Å². The van der Waals surface area contributed by atoms with Crippen molar-refractivity contribution < 1.29 is 19.7 Å². The van der Waals surface area contributed by atoms with Crippen molar-refractivity contribution in [2.45, 2.75) is 38.7 Å². The van der Waals surface area contributed by atoms with Crippen LogP contribution in [-0.2, 0) is 12.8 Å². The highest BCUT2D eigenvalue weighted by atomic mass is 16.5. The van der Waals surface area contributed by atoms with Crippen molar-refractivity contribution in [3.63, 3.8) is 0 Å². The van der Waals surface area contributed by atoms with Crippen molar-refractivity contribution in [1.29, 1.82) is 0 Å². The first kappa shape index (κ1) is 22.1. The number of phenols is 2. The molecule has 0 amide bonds. The minimum Gasteiger partial charge on any atom is -0.508 e. The summed E-state index contributed by atoms with van der Waals surface area (Å²) in [6, 6.07) is 13.1. The molecule has 0 saturated heterocycles. The van der Waals surface area contributed by atoms with Crippen LogP contribution in [0.1, 0.15) is 52.9 Å². The molecule has 0 spiro atoms. The molecular formula is C25H22N2O6. The number of hydrogen-bond donors (Lipinski definition) is 2. The van der Waals surface area contributed by atoms with Crippen molar-refractivity contribution in [2.75, 3.05) is 0 Å². The first-order valence-corrected chi connectivity index (χ1v) is 10.4. The largest absolute Gasteiger partial charge is 0.508 e. The van der Waals surface area contributed by atoms with Gasteiger partial charge in [0.2, 0.25) is 0 Å². The number of ether oxygens (including phenoxy) is 1. The van der Waals surface area contributed by atoms with Gasteiger partial charge in [-0.05, 0) is 47.5 Å². The van der Waals surface area contributed by atoms with Gasteiger partial charge in [0.1, 0.15) is 39.8 Å². The molecule has 4 rings (SSSR count). The number of Topliss-reactive ketones (excluding diaryl/α,β-unsaturated/α-hetero) is 1. The zero-order valence-corrected chi connectivity index (χ0v) is 18.2. The van der Waals surface area contributed by atoms with Crippen LogP contribution in [0.3, 0.4) is 0 Å². The molecule has 0 fully saturated rings. The molecule has 2 N–H and O–H groups in total. The maximum Gasteiger partial charge on any atom is 0.174 e. The summed E-state index contributed by atoms with van der Waals surface area (Å²) in [7, 11) is 0. The van der Waals surface area contributed by atoms with Crippen LogP contribution in [0.25, 0.3) is 0 Å². The van der Waals surface area contributed by atoms with Gasteiger partial charge in [-0.1, -0.05) is 36.4 Å². The predicted octanol–water partition coefficient (Wildman–Crippen LogP) is 5.82. The Balaban J connectivity index is 1.99. The number of phenolic OH excluding ortho intramolecular Hbond substituents is 2. The highest BCUT2D eigenvalue weighted by Crippen LogP contribution is 2.49. The molecule has 3 aromatic rings. The molecule has 0 bridgehead atoms. The second-order valence-corrected chi connectivity index (χ2v) is 8.61. The molecular weight excluding hydrogens is 424 g/mol. The third kappa shape index (κ3) is 4.07. The molecule has 0 aliphatic carbocycles.